The minimum atomic E-state index is -4.51. The van der Waals surface area contributed by atoms with E-state index in [1.807, 2.05) is 48.5 Å². The second-order valence-electron chi connectivity index (χ2n) is 10.6. The van der Waals surface area contributed by atoms with Crippen LogP contribution in [0.5, 0.6) is 0 Å². The molecule has 3 aromatic rings. The van der Waals surface area contributed by atoms with E-state index in [4.69, 9.17) is 0 Å². The van der Waals surface area contributed by atoms with Gasteiger partial charge in [-0.1, -0.05) is 108 Å². The Balaban J connectivity index is 2.29. The van der Waals surface area contributed by atoms with Crippen LogP contribution >= 0.6 is 0 Å². The van der Waals surface area contributed by atoms with Gasteiger partial charge in [0.25, 0.3) is 0 Å². The number of amides is 1. The molecule has 1 unspecified atom stereocenters. The van der Waals surface area contributed by atoms with E-state index in [1.165, 1.54) is 12.1 Å². The zero-order chi connectivity index (χ0) is 26.0. The Morgan fingerprint density at radius 2 is 1.23 bits per heavy atom. The monoisotopic (exact) mass is 494 g/mol. The molecule has 0 bridgehead atoms. The molecule has 1 amide bonds. The fourth-order valence-electron chi connectivity index (χ4n) is 4.24. The molecule has 0 saturated carbocycles. The SMILES string of the molecule is CC(C)(C)c1cccc(C(C)(C)C)c1C(NS(=O)(=O)N(C(=O)O)c1ccccc1)c1ccccc1. The van der Waals surface area contributed by atoms with Crippen molar-refractivity contribution < 1.29 is 18.3 Å². The topological polar surface area (TPSA) is 86.7 Å². The number of rotatable bonds is 6. The lowest BCUT2D eigenvalue weighted by Crippen LogP contribution is -2.46. The van der Waals surface area contributed by atoms with E-state index in [-0.39, 0.29) is 16.5 Å². The van der Waals surface area contributed by atoms with E-state index >= 15 is 0 Å². The molecular weight excluding hydrogens is 460 g/mol. The number of nitrogens with zero attached hydrogens (tertiary/aromatic N) is 1. The Labute approximate surface area is 208 Å². The van der Waals surface area contributed by atoms with Crippen molar-refractivity contribution >= 4 is 22.0 Å². The summed E-state index contributed by atoms with van der Waals surface area (Å²) in [6.45, 7) is 12.5. The van der Waals surface area contributed by atoms with Crippen molar-refractivity contribution in [2.75, 3.05) is 4.31 Å². The molecule has 0 saturated heterocycles. The smallest absolute Gasteiger partial charge is 0.426 e. The number of carbonyl (C=O) groups is 1. The molecular formula is C28H34N2O4S. The predicted molar refractivity (Wildman–Crippen MR) is 141 cm³/mol. The molecule has 6 nitrogen and oxygen atoms in total. The number of anilines is 1. The highest BCUT2D eigenvalue weighted by Crippen LogP contribution is 2.40. The summed E-state index contributed by atoms with van der Waals surface area (Å²) in [6.07, 6.45) is -1.59. The minimum absolute atomic E-state index is 0.0412. The third-order valence-electron chi connectivity index (χ3n) is 5.82. The molecule has 3 aromatic carbocycles. The summed E-state index contributed by atoms with van der Waals surface area (Å²) in [5.41, 5.74) is 2.99. The van der Waals surface area contributed by atoms with E-state index in [0.717, 1.165) is 22.3 Å². The van der Waals surface area contributed by atoms with E-state index in [1.54, 1.807) is 18.2 Å². The van der Waals surface area contributed by atoms with Crippen LogP contribution < -0.4 is 9.03 Å². The quantitative estimate of drug-likeness (QED) is 0.416. The van der Waals surface area contributed by atoms with Crippen LogP contribution in [0.4, 0.5) is 10.5 Å². The van der Waals surface area contributed by atoms with Gasteiger partial charge in [-0.3, -0.25) is 0 Å². The van der Waals surface area contributed by atoms with E-state index in [9.17, 15) is 18.3 Å². The number of benzene rings is 3. The van der Waals surface area contributed by atoms with Crippen LogP contribution in [0, 0.1) is 0 Å². The summed E-state index contributed by atoms with van der Waals surface area (Å²) in [5, 5.41) is 9.89. The van der Waals surface area contributed by atoms with Crippen LogP contribution in [0.3, 0.4) is 0 Å². The summed E-state index contributed by atoms with van der Waals surface area (Å²) in [6, 6.07) is 22.3. The highest BCUT2D eigenvalue weighted by molar-refractivity contribution is 7.91. The van der Waals surface area contributed by atoms with Gasteiger partial charge in [0.05, 0.1) is 11.7 Å². The summed E-state index contributed by atoms with van der Waals surface area (Å²) in [7, 11) is -4.51. The third kappa shape index (κ3) is 5.92. The molecule has 35 heavy (non-hydrogen) atoms. The van der Waals surface area contributed by atoms with Crippen LogP contribution in [0.2, 0.25) is 0 Å². The van der Waals surface area contributed by atoms with Gasteiger partial charge in [-0.15, -0.1) is 0 Å². The average Bonchev–Trinajstić information content (AvgIpc) is 2.77. The molecule has 0 radical (unpaired) electrons. The zero-order valence-corrected chi connectivity index (χ0v) is 21.9. The molecule has 1 atom stereocenters. The van der Waals surface area contributed by atoms with Crippen molar-refractivity contribution in [3.63, 3.8) is 0 Å². The van der Waals surface area contributed by atoms with Gasteiger partial charge >= 0.3 is 16.3 Å². The van der Waals surface area contributed by atoms with Gasteiger partial charge in [0.2, 0.25) is 0 Å². The molecule has 0 aliphatic carbocycles. The molecule has 0 fully saturated rings. The van der Waals surface area contributed by atoms with Crippen molar-refractivity contribution in [3.05, 3.63) is 101 Å². The molecule has 3 rings (SSSR count). The summed E-state index contributed by atoms with van der Waals surface area (Å²) >= 11 is 0. The number of hydrogen-bond acceptors (Lipinski definition) is 3. The Bertz CT molecular complexity index is 1240. The second-order valence-corrected chi connectivity index (χ2v) is 12.2. The zero-order valence-electron chi connectivity index (χ0n) is 21.1. The fraction of sp³-hybridized carbons (Fsp3) is 0.321. The molecule has 0 aliphatic heterocycles. The third-order valence-corrected chi connectivity index (χ3v) is 7.20. The van der Waals surface area contributed by atoms with Crippen LogP contribution in [0.25, 0.3) is 0 Å². The average molecular weight is 495 g/mol. The summed E-state index contributed by atoms with van der Waals surface area (Å²) in [5.74, 6) is 0. The van der Waals surface area contributed by atoms with Gasteiger partial charge in [-0.05, 0) is 45.2 Å². The molecule has 186 valence electrons. The molecule has 0 spiro atoms. The maximum atomic E-state index is 13.7. The van der Waals surface area contributed by atoms with E-state index < -0.39 is 22.3 Å². The predicted octanol–water partition coefficient (Wildman–Crippen LogP) is 6.39. The molecule has 0 aromatic heterocycles. The number of carboxylic acid groups (broad SMARTS) is 1. The Morgan fingerprint density at radius 3 is 1.66 bits per heavy atom. The van der Waals surface area contributed by atoms with Crippen LogP contribution in [-0.4, -0.2) is 19.6 Å². The van der Waals surface area contributed by atoms with Crippen molar-refractivity contribution in [2.24, 2.45) is 0 Å². The lowest BCUT2D eigenvalue weighted by molar-refractivity contribution is 0.206. The lowest BCUT2D eigenvalue weighted by Gasteiger charge is -2.35. The van der Waals surface area contributed by atoms with Crippen molar-refractivity contribution in [3.8, 4) is 0 Å². The number of para-hydroxylation sites is 1. The standard InChI is InChI=1S/C28H34N2O4S/c1-27(2,3)22-18-13-19-23(28(4,5)6)24(22)25(20-14-9-7-10-15-20)29-35(33,34)30(26(31)32)21-16-11-8-12-17-21/h7-19,25,29H,1-6H3,(H,31,32). The largest absolute Gasteiger partial charge is 0.464 e. The van der Waals surface area contributed by atoms with Gasteiger partial charge in [0, 0.05) is 0 Å². The molecule has 0 aliphatic rings. The molecule has 2 N–H and O–H groups in total. The summed E-state index contributed by atoms with van der Waals surface area (Å²) < 4.78 is 30.5. The van der Waals surface area contributed by atoms with Crippen LogP contribution in [0.1, 0.15) is 69.8 Å². The highest BCUT2D eigenvalue weighted by Gasteiger charge is 2.36. The van der Waals surface area contributed by atoms with Gasteiger partial charge in [0.1, 0.15) is 0 Å². The van der Waals surface area contributed by atoms with Gasteiger partial charge in [-0.25, -0.2) is 4.79 Å². The first kappa shape index (κ1) is 26.4. The molecule has 7 heteroatoms. The van der Waals surface area contributed by atoms with E-state index in [2.05, 4.69) is 46.3 Å². The van der Waals surface area contributed by atoms with Crippen molar-refractivity contribution in [1.29, 1.82) is 0 Å². The minimum Gasteiger partial charge on any atom is -0.464 e. The Hall–Kier alpha value is -3.16. The Morgan fingerprint density at radius 1 is 0.771 bits per heavy atom. The maximum Gasteiger partial charge on any atom is 0.426 e. The number of nitrogens with one attached hydrogen (secondary N) is 1. The first-order chi connectivity index (χ1) is 16.2. The molecule has 0 heterocycles. The lowest BCUT2D eigenvalue weighted by atomic mass is 9.73. The van der Waals surface area contributed by atoms with Crippen molar-refractivity contribution in [2.45, 2.75) is 58.4 Å². The fourth-order valence-corrected chi connectivity index (χ4v) is 5.50. The number of hydrogen-bond donors (Lipinski definition) is 2. The highest BCUT2D eigenvalue weighted by atomic mass is 32.2. The Kier molecular flexibility index (Phi) is 7.43. The first-order valence-corrected chi connectivity index (χ1v) is 13.0. The van der Waals surface area contributed by atoms with Crippen LogP contribution in [-0.2, 0) is 21.0 Å². The first-order valence-electron chi connectivity index (χ1n) is 11.5. The van der Waals surface area contributed by atoms with Gasteiger partial charge in [0.15, 0.2) is 0 Å². The maximum absolute atomic E-state index is 13.7. The van der Waals surface area contributed by atoms with Gasteiger partial charge < -0.3 is 5.11 Å². The second kappa shape index (κ2) is 9.84. The van der Waals surface area contributed by atoms with E-state index in [0.29, 0.717) is 4.31 Å². The summed E-state index contributed by atoms with van der Waals surface area (Å²) in [4.78, 5) is 12.2. The normalized spacial score (nSPS) is 13.3. The van der Waals surface area contributed by atoms with Crippen molar-refractivity contribution in [1.82, 2.24) is 4.72 Å². The van der Waals surface area contributed by atoms with Crippen LogP contribution in [0.15, 0.2) is 78.9 Å². The van der Waals surface area contributed by atoms with Gasteiger partial charge in [-0.2, -0.15) is 17.4 Å².